The number of Topliss-reactive ketones (excluding diaryl/α,β-unsaturated/α-hetero) is 1. The van der Waals surface area contributed by atoms with Crippen LogP contribution in [0.15, 0.2) is 48.5 Å². The molecule has 3 heteroatoms. The highest BCUT2D eigenvalue weighted by Gasteiger charge is 2.12. The molecule has 0 fully saturated rings. The van der Waals surface area contributed by atoms with Crippen LogP contribution in [-0.4, -0.2) is 12.8 Å². The summed E-state index contributed by atoms with van der Waals surface area (Å²) >= 11 is 0. The Bertz CT molecular complexity index is 656. The van der Waals surface area contributed by atoms with Crippen molar-refractivity contribution >= 4 is 11.5 Å². The zero-order chi connectivity index (χ0) is 14.5. The molecule has 0 saturated carbocycles. The predicted octanol–water partition coefficient (Wildman–Crippen LogP) is 3.40. The van der Waals surface area contributed by atoms with Crippen LogP contribution in [0.3, 0.4) is 0 Å². The summed E-state index contributed by atoms with van der Waals surface area (Å²) in [5.74, 6) is 0.00408. The van der Waals surface area contributed by atoms with E-state index < -0.39 is 0 Å². The Kier molecular flexibility index (Phi) is 4.17. The molecule has 2 aromatic carbocycles. The van der Waals surface area contributed by atoms with Crippen molar-refractivity contribution in [3.05, 3.63) is 65.2 Å². The van der Waals surface area contributed by atoms with Crippen LogP contribution in [0.1, 0.15) is 28.4 Å². The number of hydrogen-bond acceptors (Lipinski definition) is 3. The van der Waals surface area contributed by atoms with Crippen molar-refractivity contribution in [1.29, 1.82) is 5.26 Å². The fourth-order valence-corrected chi connectivity index (χ4v) is 2.16. The van der Waals surface area contributed by atoms with Crippen molar-refractivity contribution in [2.24, 2.45) is 0 Å². The van der Waals surface area contributed by atoms with Crippen LogP contribution in [0.2, 0.25) is 0 Å². The summed E-state index contributed by atoms with van der Waals surface area (Å²) in [6.45, 7) is 2.23. The van der Waals surface area contributed by atoms with Gasteiger partial charge in [-0.2, -0.15) is 5.26 Å². The monoisotopic (exact) mass is 264 g/mol. The Hall–Kier alpha value is -2.60. The first-order valence-electron chi connectivity index (χ1n) is 6.42. The van der Waals surface area contributed by atoms with Crippen molar-refractivity contribution in [3.8, 4) is 6.07 Å². The molecular formula is C17H16N2O. The van der Waals surface area contributed by atoms with E-state index in [1.54, 1.807) is 25.1 Å². The Balaban J connectivity index is 2.35. The number of anilines is 1. The van der Waals surface area contributed by atoms with Crippen LogP contribution in [0.25, 0.3) is 0 Å². The first kappa shape index (κ1) is 13.8. The first-order valence-corrected chi connectivity index (χ1v) is 6.42. The maximum Gasteiger partial charge on any atom is 0.161 e. The van der Waals surface area contributed by atoms with Crippen molar-refractivity contribution in [2.75, 3.05) is 11.9 Å². The maximum absolute atomic E-state index is 11.7. The van der Waals surface area contributed by atoms with Gasteiger partial charge >= 0.3 is 0 Å². The highest BCUT2D eigenvalue weighted by molar-refractivity contribution is 6.00. The molecule has 0 aliphatic carbocycles. The minimum Gasteiger partial charge on any atom is -0.370 e. The summed E-state index contributed by atoms with van der Waals surface area (Å²) < 4.78 is 0. The van der Waals surface area contributed by atoms with E-state index in [0.29, 0.717) is 17.7 Å². The molecule has 3 nitrogen and oxygen atoms in total. The van der Waals surface area contributed by atoms with Gasteiger partial charge in [0.15, 0.2) is 5.78 Å². The van der Waals surface area contributed by atoms with Gasteiger partial charge < -0.3 is 4.90 Å². The van der Waals surface area contributed by atoms with E-state index in [-0.39, 0.29) is 5.78 Å². The molecule has 0 aliphatic heterocycles. The van der Waals surface area contributed by atoms with Crippen LogP contribution in [0.5, 0.6) is 0 Å². The fraction of sp³-hybridized carbons (Fsp3) is 0.176. The van der Waals surface area contributed by atoms with Gasteiger partial charge in [-0.3, -0.25) is 4.79 Å². The van der Waals surface area contributed by atoms with Crippen LogP contribution >= 0.6 is 0 Å². The Morgan fingerprint density at radius 1 is 1.20 bits per heavy atom. The van der Waals surface area contributed by atoms with E-state index in [0.717, 1.165) is 11.3 Å². The van der Waals surface area contributed by atoms with Gasteiger partial charge in [-0.25, -0.2) is 0 Å². The van der Waals surface area contributed by atoms with Crippen LogP contribution < -0.4 is 4.90 Å². The lowest BCUT2D eigenvalue weighted by Crippen LogP contribution is -2.19. The topological polar surface area (TPSA) is 44.1 Å². The van der Waals surface area contributed by atoms with Crippen LogP contribution in [0, 0.1) is 11.3 Å². The lowest BCUT2D eigenvalue weighted by molar-refractivity contribution is 0.101. The molecule has 2 aromatic rings. The van der Waals surface area contributed by atoms with Gasteiger partial charge in [-0.1, -0.05) is 30.3 Å². The van der Waals surface area contributed by atoms with E-state index in [1.165, 1.54) is 0 Å². The van der Waals surface area contributed by atoms with Crippen molar-refractivity contribution in [3.63, 3.8) is 0 Å². The fourth-order valence-electron chi connectivity index (χ4n) is 2.16. The van der Waals surface area contributed by atoms with Gasteiger partial charge in [0, 0.05) is 24.8 Å². The Labute approximate surface area is 119 Å². The highest BCUT2D eigenvalue weighted by Crippen LogP contribution is 2.23. The summed E-state index contributed by atoms with van der Waals surface area (Å²) in [5.41, 5.74) is 3.15. The van der Waals surface area contributed by atoms with Crippen LogP contribution in [0.4, 0.5) is 5.69 Å². The maximum atomic E-state index is 11.7. The average molecular weight is 264 g/mol. The molecule has 0 N–H and O–H groups in total. The zero-order valence-corrected chi connectivity index (χ0v) is 11.6. The van der Waals surface area contributed by atoms with E-state index in [2.05, 4.69) is 6.07 Å². The third kappa shape index (κ3) is 3.04. The summed E-state index contributed by atoms with van der Waals surface area (Å²) in [4.78, 5) is 13.7. The second kappa shape index (κ2) is 6.03. The molecule has 0 atom stereocenters. The van der Waals surface area contributed by atoms with Crippen molar-refractivity contribution in [1.82, 2.24) is 0 Å². The smallest absolute Gasteiger partial charge is 0.161 e. The molecular weight excluding hydrogens is 248 g/mol. The third-order valence-corrected chi connectivity index (χ3v) is 3.18. The lowest BCUT2D eigenvalue weighted by Gasteiger charge is -2.22. The van der Waals surface area contributed by atoms with E-state index >= 15 is 0 Å². The van der Waals surface area contributed by atoms with E-state index in [1.807, 2.05) is 42.3 Å². The summed E-state index contributed by atoms with van der Waals surface area (Å²) in [6, 6.07) is 17.3. The molecule has 0 saturated heterocycles. The van der Waals surface area contributed by atoms with Gasteiger partial charge in [-0.15, -0.1) is 0 Å². The molecule has 0 radical (unpaired) electrons. The largest absolute Gasteiger partial charge is 0.370 e. The molecule has 0 heterocycles. The number of carbonyl (C=O) groups excluding carboxylic acids is 1. The minimum atomic E-state index is 0.00408. The molecule has 2 rings (SSSR count). The summed E-state index contributed by atoms with van der Waals surface area (Å²) in [7, 11) is 1.93. The average Bonchev–Trinajstić information content (AvgIpc) is 2.47. The standard InChI is InChI=1S/C17H16N2O/c1-13(20)16-9-8-15(11-18)10-17(16)19(2)12-14-6-4-3-5-7-14/h3-10H,12H2,1-2H3. The van der Waals surface area contributed by atoms with Crippen LogP contribution in [-0.2, 0) is 6.54 Å². The SMILES string of the molecule is CC(=O)c1ccc(C#N)cc1N(C)Cc1ccccc1. The second-order valence-corrected chi connectivity index (χ2v) is 4.74. The first-order chi connectivity index (χ1) is 9.61. The van der Waals surface area contributed by atoms with Gasteiger partial charge in [0.2, 0.25) is 0 Å². The highest BCUT2D eigenvalue weighted by atomic mass is 16.1. The summed E-state index contributed by atoms with van der Waals surface area (Å²) in [6.07, 6.45) is 0. The van der Waals surface area contributed by atoms with Gasteiger partial charge in [0.05, 0.1) is 11.6 Å². The number of ketones is 1. The predicted molar refractivity (Wildman–Crippen MR) is 79.7 cm³/mol. The minimum absolute atomic E-state index is 0.00408. The lowest BCUT2D eigenvalue weighted by atomic mass is 10.0. The number of nitrogens with zero attached hydrogens (tertiary/aromatic N) is 2. The number of rotatable bonds is 4. The number of benzene rings is 2. The van der Waals surface area contributed by atoms with Crippen molar-refractivity contribution in [2.45, 2.75) is 13.5 Å². The zero-order valence-electron chi connectivity index (χ0n) is 11.6. The molecule has 0 aromatic heterocycles. The molecule has 0 bridgehead atoms. The molecule has 20 heavy (non-hydrogen) atoms. The number of nitriles is 1. The normalized spacial score (nSPS) is 9.85. The number of hydrogen-bond donors (Lipinski definition) is 0. The Morgan fingerprint density at radius 3 is 2.50 bits per heavy atom. The number of carbonyl (C=O) groups is 1. The van der Waals surface area contributed by atoms with Gasteiger partial charge in [0.1, 0.15) is 0 Å². The Morgan fingerprint density at radius 2 is 1.90 bits per heavy atom. The van der Waals surface area contributed by atoms with Crippen molar-refractivity contribution < 1.29 is 4.79 Å². The molecule has 0 amide bonds. The van der Waals surface area contributed by atoms with E-state index in [9.17, 15) is 4.79 Å². The molecule has 100 valence electrons. The third-order valence-electron chi connectivity index (χ3n) is 3.18. The van der Waals surface area contributed by atoms with E-state index in [4.69, 9.17) is 5.26 Å². The van der Waals surface area contributed by atoms with Gasteiger partial charge in [0.25, 0.3) is 0 Å². The second-order valence-electron chi connectivity index (χ2n) is 4.74. The quantitative estimate of drug-likeness (QED) is 0.795. The summed E-state index contributed by atoms with van der Waals surface area (Å²) in [5, 5.41) is 9.01. The molecule has 0 spiro atoms. The molecule has 0 aliphatic rings. The van der Waals surface area contributed by atoms with Gasteiger partial charge in [-0.05, 0) is 30.7 Å². The molecule has 0 unspecified atom stereocenters.